The molecular weight excluding hydrogens is 270 g/mol. The Balaban J connectivity index is 1.72. The molecular formula is C15H23N3O3. The van der Waals surface area contributed by atoms with Crippen LogP contribution < -0.4 is 16.2 Å². The molecule has 1 aliphatic heterocycles. The van der Waals surface area contributed by atoms with Gasteiger partial charge in [0.25, 0.3) is 0 Å². The van der Waals surface area contributed by atoms with Gasteiger partial charge in [-0.3, -0.25) is 9.69 Å². The van der Waals surface area contributed by atoms with Gasteiger partial charge >= 0.3 is 0 Å². The number of primary amides is 1. The zero-order chi connectivity index (χ0) is 15.2. The van der Waals surface area contributed by atoms with Crippen LogP contribution in [0.3, 0.4) is 0 Å². The highest BCUT2D eigenvalue weighted by Gasteiger charge is 2.27. The van der Waals surface area contributed by atoms with Gasteiger partial charge in [0, 0.05) is 19.6 Å². The van der Waals surface area contributed by atoms with Gasteiger partial charge in [-0.2, -0.15) is 0 Å². The molecule has 0 bridgehead atoms. The third-order valence-electron chi connectivity index (χ3n) is 3.75. The highest BCUT2D eigenvalue weighted by molar-refractivity contribution is 5.77. The Kier molecular flexibility index (Phi) is 5.55. The lowest BCUT2D eigenvalue weighted by Gasteiger charge is -2.20. The molecule has 2 atom stereocenters. The molecule has 2 unspecified atom stereocenters. The highest BCUT2D eigenvalue weighted by Crippen LogP contribution is 2.16. The zero-order valence-corrected chi connectivity index (χ0v) is 12.1. The fourth-order valence-electron chi connectivity index (χ4n) is 2.50. The molecule has 116 valence electrons. The maximum Gasteiger partial charge on any atom is 0.221 e. The smallest absolute Gasteiger partial charge is 0.221 e. The summed E-state index contributed by atoms with van der Waals surface area (Å²) in [5, 5.41) is 9.99. The van der Waals surface area contributed by atoms with E-state index in [0.29, 0.717) is 25.4 Å². The van der Waals surface area contributed by atoms with Gasteiger partial charge in [0.15, 0.2) is 0 Å². The lowest BCUT2D eigenvalue weighted by molar-refractivity contribution is -0.121. The summed E-state index contributed by atoms with van der Waals surface area (Å²) in [6.45, 7) is 2.62. The number of benzene rings is 1. The second-order valence-electron chi connectivity index (χ2n) is 5.46. The van der Waals surface area contributed by atoms with E-state index >= 15 is 0 Å². The number of aliphatic hydroxyl groups excluding tert-OH is 1. The molecule has 0 spiro atoms. The van der Waals surface area contributed by atoms with Gasteiger partial charge in [-0.1, -0.05) is 12.1 Å². The van der Waals surface area contributed by atoms with Crippen molar-refractivity contribution in [2.75, 3.05) is 26.2 Å². The largest absolute Gasteiger partial charge is 0.491 e. The number of likely N-dealkylation sites (tertiary alicyclic amines) is 1. The molecule has 2 rings (SSSR count). The Labute approximate surface area is 124 Å². The maximum atomic E-state index is 11.1. The molecule has 1 aliphatic rings. The predicted molar refractivity (Wildman–Crippen MR) is 79.6 cm³/mol. The van der Waals surface area contributed by atoms with Crippen LogP contribution in [-0.4, -0.2) is 48.3 Å². The maximum absolute atomic E-state index is 11.1. The summed E-state index contributed by atoms with van der Waals surface area (Å²) in [6, 6.07) is 7.49. The van der Waals surface area contributed by atoms with Gasteiger partial charge < -0.3 is 21.3 Å². The van der Waals surface area contributed by atoms with Crippen LogP contribution in [0.15, 0.2) is 24.3 Å². The summed E-state index contributed by atoms with van der Waals surface area (Å²) >= 11 is 0. The Morgan fingerprint density at radius 2 is 2.14 bits per heavy atom. The van der Waals surface area contributed by atoms with Crippen LogP contribution in [-0.2, 0) is 11.3 Å². The number of aliphatic hydroxyl groups is 1. The van der Waals surface area contributed by atoms with Crippen molar-refractivity contribution >= 4 is 5.91 Å². The molecule has 1 heterocycles. The number of rotatable bonds is 7. The molecule has 1 fully saturated rings. The number of nitrogens with two attached hydrogens (primary N) is 2. The van der Waals surface area contributed by atoms with Crippen LogP contribution in [0.25, 0.3) is 0 Å². The number of nitrogens with zero attached hydrogens (tertiary/aromatic N) is 1. The number of hydrogen-bond donors (Lipinski definition) is 3. The number of amides is 1. The van der Waals surface area contributed by atoms with E-state index < -0.39 is 6.10 Å². The monoisotopic (exact) mass is 293 g/mol. The second kappa shape index (κ2) is 7.40. The first-order valence-corrected chi connectivity index (χ1v) is 7.20. The Morgan fingerprint density at radius 3 is 2.71 bits per heavy atom. The molecule has 21 heavy (non-hydrogen) atoms. The van der Waals surface area contributed by atoms with Gasteiger partial charge in [-0.05, 0) is 30.7 Å². The molecule has 0 aromatic heterocycles. The summed E-state index contributed by atoms with van der Waals surface area (Å²) in [6.07, 6.45) is 0.175. The van der Waals surface area contributed by atoms with E-state index in [2.05, 4.69) is 0 Å². The molecule has 0 radical (unpaired) electrons. The van der Waals surface area contributed by atoms with E-state index in [-0.39, 0.29) is 18.4 Å². The lowest BCUT2D eigenvalue weighted by Crippen LogP contribution is -2.35. The van der Waals surface area contributed by atoms with E-state index in [9.17, 15) is 9.90 Å². The van der Waals surface area contributed by atoms with Gasteiger partial charge in [0.1, 0.15) is 18.5 Å². The Bertz CT molecular complexity index is 464. The molecule has 5 N–H and O–H groups in total. The van der Waals surface area contributed by atoms with Crippen LogP contribution in [0.4, 0.5) is 0 Å². The Hall–Kier alpha value is -1.63. The van der Waals surface area contributed by atoms with Crippen molar-refractivity contribution in [3.05, 3.63) is 29.8 Å². The molecule has 0 saturated carbocycles. The number of ether oxygens (including phenoxy) is 1. The number of hydrogen-bond acceptors (Lipinski definition) is 5. The van der Waals surface area contributed by atoms with Crippen LogP contribution in [0.2, 0.25) is 0 Å². The van der Waals surface area contributed by atoms with E-state index in [1.54, 1.807) is 0 Å². The number of β-amino-alcohol motifs (C(OH)–C–C–N with tert-alkyl or cyclic N) is 1. The third kappa shape index (κ3) is 4.70. The number of carbonyl (C=O) groups excluding carboxylic acids is 1. The van der Waals surface area contributed by atoms with Gasteiger partial charge in [-0.15, -0.1) is 0 Å². The van der Waals surface area contributed by atoms with Crippen molar-refractivity contribution in [1.29, 1.82) is 0 Å². The average molecular weight is 293 g/mol. The molecule has 1 aromatic rings. The minimum Gasteiger partial charge on any atom is -0.491 e. The van der Waals surface area contributed by atoms with Crippen LogP contribution >= 0.6 is 0 Å². The van der Waals surface area contributed by atoms with Crippen molar-refractivity contribution in [1.82, 2.24) is 4.90 Å². The third-order valence-corrected chi connectivity index (χ3v) is 3.75. The van der Waals surface area contributed by atoms with E-state index in [0.717, 1.165) is 18.5 Å². The quantitative estimate of drug-likeness (QED) is 0.640. The van der Waals surface area contributed by atoms with Crippen molar-refractivity contribution in [3.63, 3.8) is 0 Å². The summed E-state index contributed by atoms with van der Waals surface area (Å²) < 4.78 is 5.54. The van der Waals surface area contributed by atoms with Crippen molar-refractivity contribution in [3.8, 4) is 5.75 Å². The first-order valence-electron chi connectivity index (χ1n) is 7.20. The van der Waals surface area contributed by atoms with Crippen molar-refractivity contribution in [2.45, 2.75) is 19.1 Å². The van der Waals surface area contributed by atoms with Crippen molar-refractivity contribution < 1.29 is 14.6 Å². The molecule has 0 aliphatic carbocycles. The number of carbonyl (C=O) groups is 1. The summed E-state index contributed by atoms with van der Waals surface area (Å²) in [4.78, 5) is 13.1. The SMILES string of the molecule is NCc1ccc(OCC(O)CN2CCC(C(N)=O)C2)cc1. The first-order chi connectivity index (χ1) is 10.1. The highest BCUT2D eigenvalue weighted by atomic mass is 16.5. The van der Waals surface area contributed by atoms with Crippen LogP contribution in [0.1, 0.15) is 12.0 Å². The predicted octanol–water partition coefficient (Wildman–Crippen LogP) is -0.308. The first kappa shape index (κ1) is 15.8. The topological polar surface area (TPSA) is 102 Å². The summed E-state index contributed by atoms with van der Waals surface area (Å²) in [5.74, 6) is 0.354. The second-order valence-corrected chi connectivity index (χ2v) is 5.46. The van der Waals surface area contributed by atoms with E-state index in [4.69, 9.17) is 16.2 Å². The zero-order valence-electron chi connectivity index (χ0n) is 12.1. The van der Waals surface area contributed by atoms with Crippen molar-refractivity contribution in [2.24, 2.45) is 17.4 Å². The van der Waals surface area contributed by atoms with E-state index in [1.165, 1.54) is 0 Å². The van der Waals surface area contributed by atoms with Gasteiger partial charge in [0.2, 0.25) is 5.91 Å². The standard InChI is InChI=1S/C15H23N3O3/c16-7-11-1-3-14(4-2-11)21-10-13(19)9-18-6-5-12(8-18)15(17)20/h1-4,12-13,19H,5-10,16H2,(H2,17,20). The molecule has 1 aromatic carbocycles. The van der Waals surface area contributed by atoms with E-state index in [1.807, 2.05) is 29.2 Å². The molecule has 1 saturated heterocycles. The molecule has 1 amide bonds. The Morgan fingerprint density at radius 1 is 1.43 bits per heavy atom. The molecule has 6 nitrogen and oxygen atoms in total. The fourth-order valence-corrected chi connectivity index (χ4v) is 2.50. The average Bonchev–Trinajstić information content (AvgIpc) is 2.94. The summed E-state index contributed by atoms with van der Waals surface area (Å²) in [5.41, 5.74) is 11.9. The fraction of sp³-hybridized carbons (Fsp3) is 0.533. The minimum absolute atomic E-state index is 0.0954. The van der Waals surface area contributed by atoms with Crippen LogP contribution in [0, 0.1) is 5.92 Å². The minimum atomic E-state index is -0.592. The van der Waals surface area contributed by atoms with Crippen LogP contribution in [0.5, 0.6) is 5.75 Å². The van der Waals surface area contributed by atoms with Gasteiger partial charge in [0.05, 0.1) is 5.92 Å². The van der Waals surface area contributed by atoms with Gasteiger partial charge in [-0.25, -0.2) is 0 Å². The lowest BCUT2D eigenvalue weighted by atomic mass is 10.1. The normalized spacial score (nSPS) is 20.4. The summed E-state index contributed by atoms with van der Waals surface area (Å²) in [7, 11) is 0. The molecule has 6 heteroatoms.